The molecule has 0 aliphatic carbocycles. The number of Topliss-reactive ketones (excluding diaryl/α,β-unsaturated/α-hetero) is 1. The molecule has 0 saturated heterocycles. The molecule has 2 nitrogen and oxygen atoms in total. The van der Waals surface area contributed by atoms with E-state index < -0.39 is 0 Å². The van der Waals surface area contributed by atoms with Crippen molar-refractivity contribution in [3.8, 4) is 5.75 Å². The van der Waals surface area contributed by atoms with Gasteiger partial charge in [0.1, 0.15) is 5.75 Å². The zero-order chi connectivity index (χ0) is 13.0. The van der Waals surface area contributed by atoms with Crippen LogP contribution in [0.4, 0.5) is 0 Å². The van der Waals surface area contributed by atoms with Crippen LogP contribution in [0, 0.1) is 0 Å². The zero-order valence-electron chi connectivity index (χ0n) is 10.4. The van der Waals surface area contributed by atoms with Crippen molar-refractivity contribution in [2.45, 2.75) is 19.8 Å². The van der Waals surface area contributed by atoms with Gasteiger partial charge in [0.15, 0.2) is 5.78 Å². The average Bonchev–Trinajstić information content (AvgIpc) is 2.39. The lowest BCUT2D eigenvalue weighted by Crippen LogP contribution is -2.03. The van der Waals surface area contributed by atoms with Gasteiger partial charge < -0.3 is 5.11 Å². The van der Waals surface area contributed by atoms with Crippen LogP contribution in [-0.4, -0.2) is 10.9 Å². The Morgan fingerprint density at radius 1 is 1.06 bits per heavy atom. The van der Waals surface area contributed by atoms with Crippen LogP contribution in [-0.2, 0) is 12.8 Å². The predicted octanol–water partition coefficient (Wildman–Crippen LogP) is 3.38. The second-order valence-electron chi connectivity index (χ2n) is 4.32. The van der Waals surface area contributed by atoms with Crippen LogP contribution in [0.1, 0.15) is 28.4 Å². The highest BCUT2D eigenvalue weighted by atomic mass is 16.3. The molecule has 2 aromatic rings. The Bertz CT molecular complexity index is 541. The molecular formula is C16H16O2. The summed E-state index contributed by atoms with van der Waals surface area (Å²) in [7, 11) is 0. The fourth-order valence-electron chi connectivity index (χ4n) is 1.88. The van der Waals surface area contributed by atoms with E-state index in [1.165, 1.54) is 5.56 Å². The van der Waals surface area contributed by atoms with Crippen LogP contribution in [0.2, 0.25) is 0 Å². The second-order valence-corrected chi connectivity index (χ2v) is 4.32. The molecule has 0 fully saturated rings. The molecule has 0 spiro atoms. The van der Waals surface area contributed by atoms with Gasteiger partial charge in [0.2, 0.25) is 0 Å². The Kier molecular flexibility index (Phi) is 3.78. The number of hydrogen-bond donors (Lipinski definition) is 1. The first-order valence-electron chi connectivity index (χ1n) is 6.09. The monoisotopic (exact) mass is 240 g/mol. The molecule has 0 saturated carbocycles. The Labute approximate surface area is 107 Å². The van der Waals surface area contributed by atoms with Crippen molar-refractivity contribution >= 4 is 5.78 Å². The summed E-state index contributed by atoms with van der Waals surface area (Å²) in [5.41, 5.74) is 2.78. The number of hydrogen-bond acceptors (Lipinski definition) is 2. The minimum atomic E-state index is 0.0725. The van der Waals surface area contributed by atoms with Gasteiger partial charge in [-0.3, -0.25) is 4.79 Å². The normalized spacial score (nSPS) is 10.3. The number of aryl methyl sites for hydroxylation is 1. The molecular weight excluding hydrogens is 224 g/mol. The first-order valence-corrected chi connectivity index (χ1v) is 6.09. The summed E-state index contributed by atoms with van der Waals surface area (Å²) in [5.74, 6) is 0.268. The molecule has 0 aliphatic heterocycles. The van der Waals surface area contributed by atoms with Gasteiger partial charge in [0.05, 0.1) is 0 Å². The number of phenolic OH excluding ortho intramolecular Hbond substituents is 1. The first kappa shape index (κ1) is 12.4. The molecule has 0 radical (unpaired) electrons. The molecule has 0 aromatic heterocycles. The molecule has 0 unspecified atom stereocenters. The fourth-order valence-corrected chi connectivity index (χ4v) is 1.88. The van der Waals surface area contributed by atoms with Gasteiger partial charge in [-0.1, -0.05) is 43.3 Å². The molecule has 2 aromatic carbocycles. The third-order valence-electron chi connectivity index (χ3n) is 2.96. The van der Waals surface area contributed by atoms with Crippen molar-refractivity contribution < 1.29 is 9.90 Å². The highest BCUT2D eigenvalue weighted by molar-refractivity contribution is 5.97. The Hall–Kier alpha value is -2.09. The van der Waals surface area contributed by atoms with Crippen molar-refractivity contribution in [2.24, 2.45) is 0 Å². The number of phenols is 1. The number of aromatic hydroxyl groups is 1. The van der Waals surface area contributed by atoms with E-state index in [1.54, 1.807) is 18.2 Å². The van der Waals surface area contributed by atoms with Gasteiger partial charge >= 0.3 is 0 Å². The van der Waals surface area contributed by atoms with Gasteiger partial charge in [-0.2, -0.15) is 0 Å². The highest BCUT2D eigenvalue weighted by Gasteiger charge is 2.07. The summed E-state index contributed by atoms with van der Waals surface area (Å²) in [6, 6.07) is 14.5. The average molecular weight is 240 g/mol. The van der Waals surface area contributed by atoms with Gasteiger partial charge in [-0.15, -0.1) is 0 Å². The zero-order valence-corrected chi connectivity index (χ0v) is 10.4. The molecule has 1 N–H and O–H groups in total. The third kappa shape index (κ3) is 2.98. The standard InChI is InChI=1S/C16H16O2/c1-2-12-6-8-14(9-7-12)16(18)11-13-4-3-5-15(17)10-13/h3-10,17H,2,11H2,1H3. The number of ketones is 1. The molecule has 2 heteroatoms. The molecule has 0 atom stereocenters. The number of rotatable bonds is 4. The lowest BCUT2D eigenvalue weighted by atomic mass is 10.0. The smallest absolute Gasteiger partial charge is 0.167 e. The lowest BCUT2D eigenvalue weighted by molar-refractivity contribution is 0.0993. The van der Waals surface area contributed by atoms with Crippen molar-refractivity contribution in [2.75, 3.05) is 0 Å². The topological polar surface area (TPSA) is 37.3 Å². The summed E-state index contributed by atoms with van der Waals surface area (Å²) in [6.07, 6.45) is 1.29. The molecule has 0 bridgehead atoms. The minimum Gasteiger partial charge on any atom is -0.508 e. The van der Waals surface area contributed by atoms with Crippen LogP contribution in [0.15, 0.2) is 48.5 Å². The Balaban J connectivity index is 2.11. The maximum atomic E-state index is 12.0. The van der Waals surface area contributed by atoms with Crippen molar-refractivity contribution in [1.82, 2.24) is 0 Å². The van der Waals surface area contributed by atoms with E-state index in [2.05, 4.69) is 6.92 Å². The van der Waals surface area contributed by atoms with Crippen LogP contribution >= 0.6 is 0 Å². The van der Waals surface area contributed by atoms with E-state index in [0.717, 1.165) is 17.5 Å². The highest BCUT2D eigenvalue weighted by Crippen LogP contribution is 2.14. The molecule has 0 amide bonds. The van der Waals surface area contributed by atoms with Gasteiger partial charge in [0, 0.05) is 12.0 Å². The number of carbonyl (C=O) groups is 1. The van der Waals surface area contributed by atoms with Crippen molar-refractivity contribution in [3.63, 3.8) is 0 Å². The van der Waals surface area contributed by atoms with Crippen LogP contribution in [0.5, 0.6) is 5.75 Å². The largest absolute Gasteiger partial charge is 0.508 e. The van der Waals surface area contributed by atoms with Crippen LogP contribution in [0.3, 0.4) is 0 Å². The second kappa shape index (κ2) is 5.50. The fraction of sp³-hybridized carbons (Fsp3) is 0.188. The molecule has 92 valence electrons. The van der Waals surface area contributed by atoms with Gasteiger partial charge in [-0.05, 0) is 29.7 Å². The third-order valence-corrected chi connectivity index (χ3v) is 2.96. The number of benzene rings is 2. The lowest BCUT2D eigenvalue weighted by Gasteiger charge is -2.03. The Morgan fingerprint density at radius 2 is 1.78 bits per heavy atom. The summed E-state index contributed by atoms with van der Waals surface area (Å²) in [6.45, 7) is 2.09. The van der Waals surface area contributed by atoms with E-state index in [4.69, 9.17) is 0 Å². The summed E-state index contributed by atoms with van der Waals surface area (Å²) >= 11 is 0. The van der Waals surface area contributed by atoms with Crippen LogP contribution < -0.4 is 0 Å². The van der Waals surface area contributed by atoms with Gasteiger partial charge in [0.25, 0.3) is 0 Å². The maximum absolute atomic E-state index is 12.0. The van der Waals surface area contributed by atoms with E-state index in [-0.39, 0.29) is 11.5 Å². The molecule has 18 heavy (non-hydrogen) atoms. The van der Waals surface area contributed by atoms with Crippen molar-refractivity contribution in [3.05, 3.63) is 65.2 Å². The van der Waals surface area contributed by atoms with Crippen molar-refractivity contribution in [1.29, 1.82) is 0 Å². The first-order chi connectivity index (χ1) is 8.69. The van der Waals surface area contributed by atoms with E-state index in [1.807, 2.05) is 30.3 Å². The predicted molar refractivity (Wildman–Crippen MR) is 72.0 cm³/mol. The summed E-state index contributed by atoms with van der Waals surface area (Å²) in [4.78, 5) is 12.0. The number of carbonyl (C=O) groups excluding carboxylic acids is 1. The van der Waals surface area contributed by atoms with E-state index >= 15 is 0 Å². The molecule has 0 heterocycles. The van der Waals surface area contributed by atoms with E-state index in [0.29, 0.717) is 6.42 Å². The maximum Gasteiger partial charge on any atom is 0.167 e. The van der Waals surface area contributed by atoms with E-state index in [9.17, 15) is 9.90 Å². The Morgan fingerprint density at radius 3 is 2.39 bits per heavy atom. The minimum absolute atomic E-state index is 0.0725. The molecule has 0 aliphatic rings. The van der Waals surface area contributed by atoms with Crippen LogP contribution in [0.25, 0.3) is 0 Å². The quantitative estimate of drug-likeness (QED) is 0.832. The summed E-state index contributed by atoms with van der Waals surface area (Å²) in [5, 5.41) is 9.35. The molecule has 2 rings (SSSR count). The summed E-state index contributed by atoms with van der Waals surface area (Å²) < 4.78 is 0. The SMILES string of the molecule is CCc1ccc(C(=O)Cc2cccc(O)c2)cc1. The van der Waals surface area contributed by atoms with Gasteiger partial charge in [-0.25, -0.2) is 0 Å².